The number of carbonyl (C=O) groups is 1. The van der Waals surface area contributed by atoms with Crippen LogP contribution in [-0.2, 0) is 0 Å². The molecule has 0 bridgehead atoms. The molecular formula is C12H12N2O3. The SMILES string of the molecule is Cc1nc(N(C)c2ccccc2)oc1C(=O)O. The fourth-order valence-electron chi connectivity index (χ4n) is 1.49. The Hall–Kier alpha value is -2.30. The lowest BCUT2D eigenvalue weighted by molar-refractivity contribution is 0.0662. The van der Waals surface area contributed by atoms with Crippen LogP contribution < -0.4 is 4.90 Å². The Balaban J connectivity index is 2.35. The summed E-state index contributed by atoms with van der Waals surface area (Å²) in [4.78, 5) is 16.6. The first kappa shape index (κ1) is 11.2. The number of benzene rings is 1. The molecule has 1 N–H and O–H groups in total. The van der Waals surface area contributed by atoms with Gasteiger partial charge < -0.3 is 9.52 Å². The third-order valence-electron chi connectivity index (χ3n) is 2.41. The standard InChI is InChI=1S/C12H12N2O3/c1-8-10(11(15)16)17-12(13-8)14(2)9-6-4-3-5-7-9/h3-7H,1-2H3,(H,15,16). The minimum atomic E-state index is -1.11. The van der Waals surface area contributed by atoms with Crippen LogP contribution in [0, 0.1) is 6.92 Å². The summed E-state index contributed by atoms with van der Waals surface area (Å²) >= 11 is 0. The molecule has 17 heavy (non-hydrogen) atoms. The summed E-state index contributed by atoms with van der Waals surface area (Å²) in [5, 5.41) is 8.88. The Morgan fingerprint density at radius 1 is 1.35 bits per heavy atom. The maximum Gasteiger partial charge on any atom is 0.373 e. The van der Waals surface area contributed by atoms with Gasteiger partial charge in [-0.2, -0.15) is 4.98 Å². The van der Waals surface area contributed by atoms with Crippen molar-refractivity contribution in [3.05, 3.63) is 41.8 Å². The topological polar surface area (TPSA) is 66.6 Å². The monoisotopic (exact) mass is 232 g/mol. The number of carboxylic acids is 1. The van der Waals surface area contributed by atoms with E-state index in [2.05, 4.69) is 4.98 Å². The summed E-state index contributed by atoms with van der Waals surface area (Å²) in [6, 6.07) is 9.73. The van der Waals surface area contributed by atoms with Crippen LogP contribution in [0.5, 0.6) is 0 Å². The Morgan fingerprint density at radius 2 is 2.00 bits per heavy atom. The third-order valence-corrected chi connectivity index (χ3v) is 2.41. The van der Waals surface area contributed by atoms with E-state index in [0.717, 1.165) is 5.69 Å². The number of rotatable bonds is 3. The first-order chi connectivity index (χ1) is 8.09. The van der Waals surface area contributed by atoms with E-state index in [-0.39, 0.29) is 11.8 Å². The molecule has 88 valence electrons. The zero-order valence-electron chi connectivity index (χ0n) is 9.54. The van der Waals surface area contributed by atoms with Crippen molar-refractivity contribution in [2.45, 2.75) is 6.92 Å². The predicted octanol–water partition coefficient (Wildman–Crippen LogP) is 2.45. The molecule has 1 heterocycles. The molecule has 0 amide bonds. The van der Waals surface area contributed by atoms with E-state index in [4.69, 9.17) is 9.52 Å². The number of hydrogen-bond donors (Lipinski definition) is 1. The van der Waals surface area contributed by atoms with Gasteiger partial charge in [-0.05, 0) is 19.1 Å². The molecule has 0 aliphatic heterocycles. The molecule has 0 saturated heterocycles. The molecule has 5 heteroatoms. The predicted molar refractivity (Wildman–Crippen MR) is 62.7 cm³/mol. The summed E-state index contributed by atoms with van der Waals surface area (Å²) in [5.41, 5.74) is 1.25. The van der Waals surface area contributed by atoms with Crippen molar-refractivity contribution in [2.24, 2.45) is 0 Å². The number of aryl methyl sites for hydroxylation is 1. The van der Waals surface area contributed by atoms with E-state index in [1.54, 1.807) is 18.9 Å². The van der Waals surface area contributed by atoms with Crippen molar-refractivity contribution >= 4 is 17.7 Å². The average Bonchev–Trinajstić information content (AvgIpc) is 2.71. The molecule has 0 unspecified atom stereocenters. The van der Waals surface area contributed by atoms with Gasteiger partial charge >= 0.3 is 12.0 Å². The van der Waals surface area contributed by atoms with Gasteiger partial charge in [0, 0.05) is 12.7 Å². The van der Waals surface area contributed by atoms with Crippen LogP contribution in [0.25, 0.3) is 0 Å². The van der Waals surface area contributed by atoms with Crippen molar-refractivity contribution in [2.75, 3.05) is 11.9 Å². The molecule has 1 aromatic carbocycles. The van der Waals surface area contributed by atoms with Crippen LogP contribution in [-0.4, -0.2) is 23.1 Å². The minimum Gasteiger partial charge on any atom is -0.475 e. The van der Waals surface area contributed by atoms with Crippen LogP contribution >= 0.6 is 0 Å². The summed E-state index contributed by atoms with van der Waals surface area (Å²) in [6.45, 7) is 1.61. The number of aromatic nitrogens is 1. The summed E-state index contributed by atoms with van der Waals surface area (Å²) in [7, 11) is 1.77. The van der Waals surface area contributed by atoms with Crippen LogP contribution in [0.3, 0.4) is 0 Å². The fraction of sp³-hybridized carbons (Fsp3) is 0.167. The zero-order valence-corrected chi connectivity index (χ0v) is 9.54. The van der Waals surface area contributed by atoms with Crippen LogP contribution in [0.2, 0.25) is 0 Å². The Kier molecular flexibility index (Phi) is 2.82. The van der Waals surface area contributed by atoms with Gasteiger partial charge in [-0.3, -0.25) is 4.90 Å². The maximum atomic E-state index is 10.8. The second-order valence-corrected chi connectivity index (χ2v) is 3.61. The highest BCUT2D eigenvalue weighted by Gasteiger charge is 2.18. The van der Waals surface area contributed by atoms with E-state index in [0.29, 0.717) is 5.69 Å². The van der Waals surface area contributed by atoms with Gasteiger partial charge in [0.2, 0.25) is 5.76 Å². The van der Waals surface area contributed by atoms with E-state index >= 15 is 0 Å². The Bertz CT molecular complexity index is 534. The van der Waals surface area contributed by atoms with Crippen LogP contribution in [0.4, 0.5) is 11.7 Å². The van der Waals surface area contributed by atoms with Crippen molar-refractivity contribution in [3.63, 3.8) is 0 Å². The summed E-state index contributed by atoms with van der Waals surface area (Å²) in [6.07, 6.45) is 0. The van der Waals surface area contributed by atoms with Gasteiger partial charge in [-0.1, -0.05) is 18.2 Å². The number of para-hydroxylation sites is 1. The number of anilines is 2. The largest absolute Gasteiger partial charge is 0.475 e. The van der Waals surface area contributed by atoms with Crippen LogP contribution in [0.15, 0.2) is 34.7 Å². The Labute approximate surface area is 98.3 Å². The number of oxazole rings is 1. The molecule has 0 radical (unpaired) electrons. The molecule has 2 aromatic rings. The minimum absolute atomic E-state index is 0.122. The zero-order chi connectivity index (χ0) is 12.4. The smallest absolute Gasteiger partial charge is 0.373 e. The normalized spacial score (nSPS) is 10.2. The molecule has 0 fully saturated rings. The lowest BCUT2D eigenvalue weighted by Gasteiger charge is -2.13. The molecule has 1 aromatic heterocycles. The van der Waals surface area contributed by atoms with Crippen molar-refractivity contribution in [1.29, 1.82) is 0 Å². The fourth-order valence-corrected chi connectivity index (χ4v) is 1.49. The second kappa shape index (κ2) is 4.29. The van der Waals surface area contributed by atoms with Crippen molar-refractivity contribution in [3.8, 4) is 0 Å². The molecular weight excluding hydrogens is 220 g/mol. The Morgan fingerprint density at radius 3 is 2.53 bits per heavy atom. The van der Waals surface area contributed by atoms with Gasteiger partial charge in [0.15, 0.2) is 0 Å². The van der Waals surface area contributed by atoms with E-state index in [9.17, 15) is 4.79 Å². The second-order valence-electron chi connectivity index (χ2n) is 3.61. The van der Waals surface area contributed by atoms with Crippen molar-refractivity contribution < 1.29 is 14.3 Å². The molecule has 0 saturated carbocycles. The van der Waals surface area contributed by atoms with Gasteiger partial charge in [0.25, 0.3) is 0 Å². The van der Waals surface area contributed by atoms with Gasteiger partial charge in [-0.15, -0.1) is 0 Å². The molecule has 0 aliphatic carbocycles. The van der Waals surface area contributed by atoms with Gasteiger partial charge in [-0.25, -0.2) is 4.79 Å². The number of carboxylic acid groups (broad SMARTS) is 1. The number of hydrogen-bond acceptors (Lipinski definition) is 4. The molecule has 5 nitrogen and oxygen atoms in total. The first-order valence-electron chi connectivity index (χ1n) is 5.09. The maximum absolute atomic E-state index is 10.8. The van der Waals surface area contributed by atoms with Gasteiger partial charge in [0.1, 0.15) is 0 Å². The molecule has 2 rings (SSSR count). The summed E-state index contributed by atoms with van der Waals surface area (Å²) < 4.78 is 5.21. The number of aromatic carboxylic acids is 1. The lowest BCUT2D eigenvalue weighted by atomic mass is 10.3. The number of nitrogens with zero attached hydrogens (tertiary/aromatic N) is 2. The van der Waals surface area contributed by atoms with Gasteiger partial charge in [0.05, 0.1) is 5.69 Å². The van der Waals surface area contributed by atoms with E-state index in [1.165, 1.54) is 0 Å². The highest BCUT2D eigenvalue weighted by atomic mass is 16.4. The molecule has 0 atom stereocenters. The highest BCUT2D eigenvalue weighted by Crippen LogP contribution is 2.24. The molecule has 0 spiro atoms. The van der Waals surface area contributed by atoms with Crippen LogP contribution in [0.1, 0.15) is 16.2 Å². The summed E-state index contributed by atoms with van der Waals surface area (Å²) in [5.74, 6) is -1.23. The quantitative estimate of drug-likeness (QED) is 0.880. The molecule has 0 aliphatic rings. The average molecular weight is 232 g/mol. The third kappa shape index (κ3) is 2.13. The van der Waals surface area contributed by atoms with Crippen molar-refractivity contribution in [1.82, 2.24) is 4.98 Å². The highest BCUT2D eigenvalue weighted by molar-refractivity contribution is 5.86. The lowest BCUT2D eigenvalue weighted by Crippen LogP contribution is -2.09. The first-order valence-corrected chi connectivity index (χ1v) is 5.09. The van der Waals surface area contributed by atoms with E-state index < -0.39 is 5.97 Å². The van der Waals surface area contributed by atoms with E-state index in [1.807, 2.05) is 30.3 Å².